The van der Waals surface area contributed by atoms with E-state index in [1.165, 1.54) is 6.07 Å². The maximum Gasteiger partial charge on any atom is 0.246 e. The second-order valence-corrected chi connectivity index (χ2v) is 5.08. The maximum atomic E-state index is 13.8. The first-order valence-electron chi connectivity index (χ1n) is 7.13. The molecule has 0 bridgehead atoms. The Morgan fingerprint density at radius 1 is 1.22 bits per heavy atom. The number of anilines is 1. The molecule has 0 saturated carbocycles. The van der Waals surface area contributed by atoms with Gasteiger partial charge in [0.25, 0.3) is 0 Å². The van der Waals surface area contributed by atoms with Crippen LogP contribution < -0.4 is 10.1 Å². The summed E-state index contributed by atoms with van der Waals surface area (Å²) in [6.07, 6.45) is 0. The minimum atomic E-state index is -0.308. The molecule has 2 aromatic carbocycles. The van der Waals surface area contributed by atoms with Gasteiger partial charge in [-0.3, -0.25) is 0 Å². The summed E-state index contributed by atoms with van der Waals surface area (Å²) in [4.78, 5) is 4.30. The molecular formula is C17H16FN3O2. The van der Waals surface area contributed by atoms with Crippen molar-refractivity contribution in [1.29, 1.82) is 0 Å². The van der Waals surface area contributed by atoms with Crippen LogP contribution in [-0.2, 0) is 6.54 Å². The number of benzene rings is 2. The molecule has 0 aliphatic rings. The van der Waals surface area contributed by atoms with Gasteiger partial charge in [0.2, 0.25) is 11.7 Å². The molecule has 0 aliphatic carbocycles. The minimum absolute atomic E-state index is 0.247. The third-order valence-corrected chi connectivity index (χ3v) is 3.35. The van der Waals surface area contributed by atoms with Gasteiger partial charge in [-0.15, -0.1) is 0 Å². The van der Waals surface area contributed by atoms with Crippen LogP contribution in [0.1, 0.15) is 11.5 Å². The number of rotatable bonds is 5. The van der Waals surface area contributed by atoms with Crippen molar-refractivity contribution in [3.8, 4) is 17.1 Å². The Kier molecular flexibility index (Phi) is 4.23. The third-order valence-electron chi connectivity index (χ3n) is 3.35. The van der Waals surface area contributed by atoms with E-state index in [4.69, 9.17) is 9.26 Å². The Balaban J connectivity index is 1.72. The lowest BCUT2D eigenvalue weighted by molar-refractivity contribution is 0.384. The highest BCUT2D eigenvalue weighted by Crippen LogP contribution is 2.22. The van der Waals surface area contributed by atoms with Crippen molar-refractivity contribution >= 4 is 5.69 Å². The molecule has 0 aliphatic heterocycles. The highest BCUT2D eigenvalue weighted by Gasteiger charge is 2.10. The first-order valence-corrected chi connectivity index (χ1v) is 7.13. The lowest BCUT2D eigenvalue weighted by Crippen LogP contribution is -2.02. The van der Waals surface area contributed by atoms with Crippen LogP contribution in [0, 0.1) is 12.7 Å². The van der Waals surface area contributed by atoms with Gasteiger partial charge in [0.05, 0.1) is 19.3 Å². The van der Waals surface area contributed by atoms with E-state index in [2.05, 4.69) is 15.5 Å². The molecule has 1 N–H and O–H groups in total. The SMILES string of the molecule is COc1cccc(-c2noc(CNc3ccc(C)cc3F)n2)c1. The van der Waals surface area contributed by atoms with E-state index in [9.17, 15) is 4.39 Å². The second-order valence-electron chi connectivity index (χ2n) is 5.08. The van der Waals surface area contributed by atoms with Crippen molar-refractivity contribution in [2.24, 2.45) is 0 Å². The number of ether oxygens (including phenoxy) is 1. The maximum absolute atomic E-state index is 13.8. The van der Waals surface area contributed by atoms with Crippen LogP contribution in [-0.4, -0.2) is 17.3 Å². The Morgan fingerprint density at radius 3 is 2.87 bits per heavy atom. The van der Waals surface area contributed by atoms with Crippen molar-refractivity contribution in [2.45, 2.75) is 13.5 Å². The smallest absolute Gasteiger partial charge is 0.246 e. The largest absolute Gasteiger partial charge is 0.497 e. The molecule has 1 heterocycles. The zero-order chi connectivity index (χ0) is 16.2. The summed E-state index contributed by atoms with van der Waals surface area (Å²) in [6.45, 7) is 2.09. The van der Waals surface area contributed by atoms with Crippen molar-refractivity contribution in [3.05, 3.63) is 59.7 Å². The van der Waals surface area contributed by atoms with E-state index in [1.54, 1.807) is 13.2 Å². The highest BCUT2D eigenvalue weighted by molar-refractivity contribution is 5.57. The molecule has 0 unspecified atom stereocenters. The Morgan fingerprint density at radius 2 is 2.09 bits per heavy atom. The van der Waals surface area contributed by atoms with Gasteiger partial charge in [-0.25, -0.2) is 4.39 Å². The molecule has 0 atom stereocenters. The molecule has 5 nitrogen and oxygen atoms in total. The van der Waals surface area contributed by atoms with E-state index in [0.29, 0.717) is 23.2 Å². The number of nitrogens with one attached hydrogen (secondary N) is 1. The van der Waals surface area contributed by atoms with Gasteiger partial charge in [0.1, 0.15) is 11.6 Å². The number of aromatic nitrogens is 2. The van der Waals surface area contributed by atoms with E-state index < -0.39 is 0 Å². The monoisotopic (exact) mass is 313 g/mol. The molecule has 6 heteroatoms. The Labute approximate surface area is 133 Å². The van der Waals surface area contributed by atoms with Crippen LogP contribution in [0.2, 0.25) is 0 Å². The standard InChI is InChI=1S/C17H16FN3O2/c1-11-6-7-15(14(18)8-11)19-10-16-20-17(21-23-16)12-4-3-5-13(9-12)22-2/h3-9,19H,10H2,1-2H3. The van der Waals surface area contributed by atoms with E-state index >= 15 is 0 Å². The fourth-order valence-corrected chi connectivity index (χ4v) is 2.14. The molecule has 0 fully saturated rings. The summed E-state index contributed by atoms with van der Waals surface area (Å²) >= 11 is 0. The quantitative estimate of drug-likeness (QED) is 0.776. The number of methoxy groups -OCH3 is 1. The lowest BCUT2D eigenvalue weighted by Gasteiger charge is -2.05. The average Bonchev–Trinajstić information content (AvgIpc) is 3.03. The fourth-order valence-electron chi connectivity index (χ4n) is 2.14. The molecule has 118 valence electrons. The van der Waals surface area contributed by atoms with Gasteiger partial charge < -0.3 is 14.6 Å². The molecule has 3 aromatic rings. The summed E-state index contributed by atoms with van der Waals surface area (Å²) in [6, 6.07) is 12.4. The topological polar surface area (TPSA) is 60.2 Å². The van der Waals surface area contributed by atoms with Crippen molar-refractivity contribution < 1.29 is 13.7 Å². The first-order chi connectivity index (χ1) is 11.2. The fraction of sp³-hybridized carbons (Fsp3) is 0.176. The van der Waals surface area contributed by atoms with E-state index in [0.717, 1.165) is 11.1 Å². The number of aryl methyl sites for hydroxylation is 1. The van der Waals surface area contributed by atoms with Gasteiger partial charge in [-0.2, -0.15) is 4.98 Å². The van der Waals surface area contributed by atoms with E-state index in [1.807, 2.05) is 37.3 Å². The third kappa shape index (κ3) is 3.48. The summed E-state index contributed by atoms with van der Waals surface area (Å²) in [5, 5.41) is 6.88. The number of halogens is 1. The number of nitrogens with zero attached hydrogens (tertiary/aromatic N) is 2. The van der Waals surface area contributed by atoms with Gasteiger partial charge in [0, 0.05) is 5.56 Å². The van der Waals surface area contributed by atoms with Crippen LogP contribution in [0.25, 0.3) is 11.4 Å². The molecule has 23 heavy (non-hydrogen) atoms. The zero-order valence-corrected chi connectivity index (χ0v) is 12.8. The summed E-state index contributed by atoms with van der Waals surface area (Å²) in [5.41, 5.74) is 2.06. The highest BCUT2D eigenvalue weighted by atomic mass is 19.1. The average molecular weight is 313 g/mol. The molecule has 3 rings (SSSR count). The predicted octanol–water partition coefficient (Wildman–Crippen LogP) is 3.80. The predicted molar refractivity (Wildman–Crippen MR) is 84.7 cm³/mol. The normalized spacial score (nSPS) is 10.6. The molecule has 0 saturated heterocycles. The molecule has 0 radical (unpaired) electrons. The van der Waals surface area contributed by atoms with Gasteiger partial charge in [0.15, 0.2) is 0 Å². The Hall–Kier alpha value is -2.89. The minimum Gasteiger partial charge on any atom is -0.497 e. The molecule has 0 amide bonds. The van der Waals surface area contributed by atoms with Crippen molar-refractivity contribution in [3.63, 3.8) is 0 Å². The van der Waals surface area contributed by atoms with Crippen LogP contribution in [0.4, 0.5) is 10.1 Å². The molecule has 0 spiro atoms. The van der Waals surface area contributed by atoms with Crippen LogP contribution in [0.5, 0.6) is 5.75 Å². The molecule has 1 aromatic heterocycles. The van der Waals surface area contributed by atoms with Gasteiger partial charge in [-0.1, -0.05) is 23.4 Å². The van der Waals surface area contributed by atoms with E-state index in [-0.39, 0.29) is 12.4 Å². The van der Waals surface area contributed by atoms with Gasteiger partial charge in [-0.05, 0) is 36.8 Å². The Bertz CT molecular complexity index is 817. The summed E-state index contributed by atoms with van der Waals surface area (Å²) < 4.78 is 24.1. The molecular weight excluding hydrogens is 297 g/mol. The second kappa shape index (κ2) is 6.48. The van der Waals surface area contributed by atoms with Crippen molar-refractivity contribution in [2.75, 3.05) is 12.4 Å². The lowest BCUT2D eigenvalue weighted by atomic mass is 10.2. The summed E-state index contributed by atoms with van der Waals surface area (Å²) in [5.74, 6) is 1.25. The van der Waals surface area contributed by atoms with Crippen molar-refractivity contribution in [1.82, 2.24) is 10.1 Å². The van der Waals surface area contributed by atoms with Crippen LogP contribution >= 0.6 is 0 Å². The zero-order valence-electron chi connectivity index (χ0n) is 12.8. The van der Waals surface area contributed by atoms with Crippen LogP contribution in [0.3, 0.4) is 0 Å². The number of hydrogen-bond acceptors (Lipinski definition) is 5. The van der Waals surface area contributed by atoms with Crippen LogP contribution in [0.15, 0.2) is 47.0 Å². The summed E-state index contributed by atoms with van der Waals surface area (Å²) in [7, 11) is 1.60. The van der Waals surface area contributed by atoms with Gasteiger partial charge >= 0.3 is 0 Å². The first kappa shape index (κ1) is 15.0. The number of hydrogen-bond donors (Lipinski definition) is 1.